The fourth-order valence-electron chi connectivity index (χ4n) is 3.63. The van der Waals surface area contributed by atoms with Gasteiger partial charge >= 0.3 is 12.1 Å². The number of nitrogens with zero attached hydrogens (tertiary/aromatic N) is 1. The van der Waals surface area contributed by atoms with Crippen LogP contribution in [0.1, 0.15) is 24.0 Å². The van der Waals surface area contributed by atoms with Gasteiger partial charge in [0.05, 0.1) is 12.0 Å². The fraction of sp³-hybridized carbons (Fsp3) is 0.273. The summed E-state index contributed by atoms with van der Waals surface area (Å²) in [6, 6.07) is 10.4. The minimum absolute atomic E-state index is 0.232. The fourth-order valence-corrected chi connectivity index (χ4v) is 3.63. The van der Waals surface area contributed by atoms with Crippen molar-refractivity contribution >= 4 is 23.3 Å². The van der Waals surface area contributed by atoms with Gasteiger partial charge in [-0.1, -0.05) is 17.7 Å². The topological polar surface area (TPSA) is 58.6 Å². The molecule has 1 N–H and O–H groups in total. The van der Waals surface area contributed by atoms with Crippen LogP contribution in [0.5, 0.6) is 5.75 Å². The smallest absolute Gasteiger partial charge is 0.416 e. The van der Waals surface area contributed by atoms with E-state index in [-0.39, 0.29) is 18.3 Å². The Bertz CT molecular complexity index is 1020. The molecule has 5 nitrogen and oxygen atoms in total. The molecule has 0 atom stereocenters. The Morgan fingerprint density at radius 2 is 1.87 bits per heavy atom. The highest BCUT2D eigenvalue weighted by molar-refractivity contribution is 6.00. The Balaban J connectivity index is 1.36. The number of nitrogens with one attached hydrogen (secondary N) is 1. The number of carbonyl (C=O) groups excluding carboxylic acids is 2. The third kappa shape index (κ3) is 4.48. The highest BCUT2D eigenvalue weighted by Gasteiger charge is 2.31. The van der Waals surface area contributed by atoms with Gasteiger partial charge in [0.1, 0.15) is 5.75 Å². The van der Waals surface area contributed by atoms with E-state index in [1.54, 1.807) is 24.3 Å². The van der Waals surface area contributed by atoms with E-state index < -0.39 is 11.7 Å². The van der Waals surface area contributed by atoms with E-state index in [1.165, 1.54) is 12.1 Å². The molecule has 1 saturated heterocycles. The van der Waals surface area contributed by atoms with E-state index in [1.807, 2.05) is 4.90 Å². The predicted octanol–water partition coefficient (Wildman–Crippen LogP) is 4.33. The average Bonchev–Trinajstić information content (AvgIpc) is 3.07. The summed E-state index contributed by atoms with van der Waals surface area (Å²) in [5, 5.41) is 2.76. The Morgan fingerprint density at radius 3 is 2.60 bits per heavy atom. The molecule has 30 heavy (non-hydrogen) atoms. The lowest BCUT2D eigenvalue weighted by Gasteiger charge is -2.30. The van der Waals surface area contributed by atoms with Crippen LogP contribution in [0, 0.1) is 0 Å². The zero-order chi connectivity index (χ0) is 21.3. The SMILES string of the molecule is O=C(C=C1CCN(c2cccc(C(F)(F)F)c2)CC1)Nc1ccc2c(c1)OC(=O)C2. The minimum Gasteiger partial charge on any atom is -0.426 e. The maximum atomic E-state index is 12.9. The van der Waals surface area contributed by atoms with Gasteiger partial charge in [-0.3, -0.25) is 9.59 Å². The molecule has 1 fully saturated rings. The predicted molar refractivity (Wildman–Crippen MR) is 105 cm³/mol. The third-order valence-corrected chi connectivity index (χ3v) is 5.17. The van der Waals surface area contributed by atoms with Gasteiger partial charge in [-0.15, -0.1) is 0 Å². The Labute approximate surface area is 171 Å². The number of piperidine rings is 1. The summed E-state index contributed by atoms with van der Waals surface area (Å²) in [4.78, 5) is 25.5. The van der Waals surface area contributed by atoms with Crippen molar-refractivity contribution in [1.29, 1.82) is 0 Å². The van der Waals surface area contributed by atoms with Crippen LogP contribution in [0.2, 0.25) is 0 Å². The molecule has 0 aromatic heterocycles. The number of carbonyl (C=O) groups is 2. The maximum Gasteiger partial charge on any atom is 0.416 e. The van der Waals surface area contributed by atoms with Crippen LogP contribution in [0.3, 0.4) is 0 Å². The van der Waals surface area contributed by atoms with Gasteiger partial charge < -0.3 is 15.0 Å². The van der Waals surface area contributed by atoms with Gasteiger partial charge in [-0.25, -0.2) is 0 Å². The Hall–Kier alpha value is -3.29. The molecular weight excluding hydrogens is 397 g/mol. The van der Waals surface area contributed by atoms with Crippen molar-refractivity contribution < 1.29 is 27.5 Å². The van der Waals surface area contributed by atoms with Gasteiger partial charge in [0, 0.05) is 42.2 Å². The number of amides is 1. The molecule has 2 aromatic rings. The van der Waals surface area contributed by atoms with E-state index in [2.05, 4.69) is 5.32 Å². The van der Waals surface area contributed by atoms with Crippen molar-refractivity contribution in [3.8, 4) is 5.75 Å². The van der Waals surface area contributed by atoms with Crippen LogP contribution in [0.4, 0.5) is 24.5 Å². The summed E-state index contributed by atoms with van der Waals surface area (Å²) in [5.41, 5.74) is 2.12. The number of esters is 1. The number of hydrogen-bond donors (Lipinski definition) is 1. The normalized spacial score (nSPS) is 16.2. The lowest BCUT2D eigenvalue weighted by Crippen LogP contribution is -2.31. The maximum absolute atomic E-state index is 12.9. The van der Waals surface area contributed by atoms with Crippen molar-refractivity contribution in [1.82, 2.24) is 0 Å². The number of rotatable bonds is 3. The second kappa shape index (κ2) is 7.85. The van der Waals surface area contributed by atoms with E-state index in [0.29, 0.717) is 43.1 Å². The standard InChI is InChI=1S/C22H19F3N2O3/c23-22(24,25)16-2-1-3-18(12-16)27-8-6-14(7-9-27)10-20(28)26-17-5-4-15-11-21(29)30-19(15)13-17/h1-5,10,12-13H,6-9,11H2,(H,26,28). The van der Waals surface area contributed by atoms with Crippen molar-refractivity contribution in [2.45, 2.75) is 25.4 Å². The summed E-state index contributed by atoms with van der Waals surface area (Å²) >= 11 is 0. The Kier molecular flexibility index (Phi) is 5.24. The molecule has 2 aliphatic heterocycles. The van der Waals surface area contributed by atoms with E-state index >= 15 is 0 Å². The van der Waals surface area contributed by atoms with Crippen LogP contribution in [0.15, 0.2) is 54.1 Å². The van der Waals surface area contributed by atoms with E-state index in [9.17, 15) is 22.8 Å². The first-order valence-corrected chi connectivity index (χ1v) is 9.54. The monoisotopic (exact) mass is 416 g/mol. The van der Waals surface area contributed by atoms with E-state index in [4.69, 9.17) is 4.74 Å². The molecule has 2 aliphatic rings. The van der Waals surface area contributed by atoms with Gasteiger partial charge in [0.2, 0.25) is 5.91 Å². The van der Waals surface area contributed by atoms with Crippen LogP contribution in [0.25, 0.3) is 0 Å². The lowest BCUT2D eigenvalue weighted by molar-refractivity contribution is -0.137. The molecule has 2 heterocycles. The molecule has 4 rings (SSSR count). The second-order valence-electron chi connectivity index (χ2n) is 7.30. The number of alkyl halides is 3. The first-order chi connectivity index (χ1) is 14.3. The zero-order valence-corrected chi connectivity index (χ0v) is 16.0. The van der Waals surface area contributed by atoms with Crippen LogP contribution in [-0.4, -0.2) is 25.0 Å². The Morgan fingerprint density at radius 1 is 1.10 bits per heavy atom. The molecule has 1 amide bonds. The molecular formula is C22H19F3N2O3. The van der Waals surface area contributed by atoms with Crippen molar-refractivity contribution in [3.63, 3.8) is 0 Å². The van der Waals surface area contributed by atoms with Gasteiger partial charge in [-0.05, 0) is 37.1 Å². The van der Waals surface area contributed by atoms with E-state index in [0.717, 1.165) is 23.3 Å². The highest BCUT2D eigenvalue weighted by Crippen LogP contribution is 2.33. The summed E-state index contributed by atoms with van der Waals surface area (Å²) in [5.74, 6) is -0.148. The van der Waals surface area contributed by atoms with Gasteiger partial charge in [-0.2, -0.15) is 13.2 Å². The van der Waals surface area contributed by atoms with Gasteiger partial charge in [0.25, 0.3) is 0 Å². The number of hydrogen-bond acceptors (Lipinski definition) is 4. The molecule has 156 valence electrons. The molecule has 2 aromatic carbocycles. The number of benzene rings is 2. The number of anilines is 2. The van der Waals surface area contributed by atoms with Gasteiger partial charge in [0.15, 0.2) is 0 Å². The molecule has 0 saturated carbocycles. The molecule has 8 heteroatoms. The molecule has 0 spiro atoms. The first-order valence-electron chi connectivity index (χ1n) is 9.54. The first kappa shape index (κ1) is 20.0. The average molecular weight is 416 g/mol. The largest absolute Gasteiger partial charge is 0.426 e. The summed E-state index contributed by atoms with van der Waals surface area (Å²) in [7, 11) is 0. The highest BCUT2D eigenvalue weighted by atomic mass is 19.4. The summed E-state index contributed by atoms with van der Waals surface area (Å²) in [6.45, 7) is 1.07. The molecule has 0 bridgehead atoms. The number of halogens is 3. The third-order valence-electron chi connectivity index (χ3n) is 5.17. The molecule has 0 radical (unpaired) electrons. The van der Waals surface area contributed by atoms with Crippen LogP contribution in [-0.2, 0) is 22.2 Å². The molecule has 0 aliphatic carbocycles. The number of fused-ring (bicyclic) bond motifs is 1. The lowest BCUT2D eigenvalue weighted by atomic mass is 10.0. The number of ether oxygens (including phenoxy) is 1. The van der Waals surface area contributed by atoms with Crippen LogP contribution >= 0.6 is 0 Å². The van der Waals surface area contributed by atoms with Crippen LogP contribution < -0.4 is 15.0 Å². The zero-order valence-electron chi connectivity index (χ0n) is 16.0. The summed E-state index contributed by atoms with van der Waals surface area (Å²) < 4.78 is 43.8. The van der Waals surface area contributed by atoms with Crippen molar-refractivity contribution in [2.75, 3.05) is 23.3 Å². The molecule has 0 unspecified atom stereocenters. The van der Waals surface area contributed by atoms with Crippen molar-refractivity contribution in [2.24, 2.45) is 0 Å². The van der Waals surface area contributed by atoms with Crippen molar-refractivity contribution in [3.05, 3.63) is 65.2 Å². The quantitative estimate of drug-likeness (QED) is 0.460. The summed E-state index contributed by atoms with van der Waals surface area (Å²) in [6.07, 6.45) is -1.43. The second-order valence-corrected chi connectivity index (χ2v) is 7.30. The minimum atomic E-state index is -4.37.